The number of thiophene rings is 1. The molecule has 0 aliphatic rings. The average molecular weight is 292 g/mol. The highest BCUT2D eigenvalue weighted by Gasteiger charge is 2.14. The summed E-state index contributed by atoms with van der Waals surface area (Å²) >= 11 is 1.76. The lowest BCUT2D eigenvalue weighted by Crippen LogP contribution is -2.32. The molecule has 2 N–H and O–H groups in total. The van der Waals surface area contributed by atoms with Gasteiger partial charge in [0.05, 0.1) is 5.39 Å². The summed E-state index contributed by atoms with van der Waals surface area (Å²) in [7, 11) is 2.08. The Kier molecular flexibility index (Phi) is 4.94. The van der Waals surface area contributed by atoms with Crippen LogP contribution in [0.4, 0.5) is 5.82 Å². The molecule has 0 amide bonds. The lowest BCUT2D eigenvalue weighted by molar-refractivity contribution is 0.466. The topological polar surface area (TPSA) is 55.0 Å². The molecule has 0 saturated heterocycles. The van der Waals surface area contributed by atoms with Crippen LogP contribution in [0.25, 0.3) is 10.2 Å². The van der Waals surface area contributed by atoms with E-state index in [9.17, 15) is 0 Å². The van der Waals surface area contributed by atoms with Crippen LogP contribution in [0.3, 0.4) is 0 Å². The largest absolute Gasteiger partial charge is 0.359 e. The first-order valence-corrected chi connectivity index (χ1v) is 8.04. The van der Waals surface area contributed by atoms with Crippen LogP contribution < -0.4 is 10.6 Å². The minimum atomic E-state index is 0.239. The fourth-order valence-electron chi connectivity index (χ4n) is 2.15. The molecular formula is C15H24N4S. The van der Waals surface area contributed by atoms with Crippen molar-refractivity contribution >= 4 is 27.4 Å². The third-order valence-corrected chi connectivity index (χ3v) is 4.91. The summed E-state index contributed by atoms with van der Waals surface area (Å²) in [5.74, 6) is 1.53. The molecule has 1 unspecified atom stereocenters. The van der Waals surface area contributed by atoms with Crippen LogP contribution >= 0.6 is 11.3 Å². The molecule has 2 aromatic rings. The van der Waals surface area contributed by atoms with Gasteiger partial charge in [0.1, 0.15) is 17.0 Å². The lowest BCUT2D eigenvalue weighted by atomic mass is 10.0. The van der Waals surface area contributed by atoms with Crippen LogP contribution in [0.1, 0.15) is 32.1 Å². The molecule has 0 fully saturated rings. The molecule has 2 aromatic heterocycles. The summed E-state index contributed by atoms with van der Waals surface area (Å²) < 4.78 is 0. The van der Waals surface area contributed by atoms with E-state index in [0.717, 1.165) is 35.4 Å². The highest BCUT2D eigenvalue weighted by molar-refractivity contribution is 7.18. The van der Waals surface area contributed by atoms with Gasteiger partial charge in [-0.1, -0.05) is 20.8 Å². The Morgan fingerprint density at radius 3 is 2.75 bits per heavy atom. The molecule has 1 atom stereocenters. The Labute approximate surface area is 125 Å². The number of fused-ring (bicyclic) bond motifs is 1. The number of aryl methyl sites for hydroxylation is 1. The van der Waals surface area contributed by atoms with E-state index in [2.05, 4.69) is 48.8 Å². The Morgan fingerprint density at radius 2 is 2.10 bits per heavy atom. The van der Waals surface area contributed by atoms with Gasteiger partial charge in [-0.25, -0.2) is 9.97 Å². The van der Waals surface area contributed by atoms with E-state index in [1.807, 2.05) is 0 Å². The number of rotatable bonds is 6. The second-order valence-corrected chi connectivity index (χ2v) is 6.72. The van der Waals surface area contributed by atoms with Crippen molar-refractivity contribution in [1.29, 1.82) is 0 Å². The van der Waals surface area contributed by atoms with Gasteiger partial charge >= 0.3 is 0 Å². The maximum Gasteiger partial charge on any atom is 0.140 e. The standard InChI is InChI=1S/C15H24N4S/c1-5-11-8-12-14(17-9-18-15(12)20-11)19(4)7-6-13(16)10(2)3/h8-10,13H,5-7,16H2,1-4H3. The fourth-order valence-corrected chi connectivity index (χ4v) is 3.08. The minimum absolute atomic E-state index is 0.239. The van der Waals surface area contributed by atoms with Crippen molar-refractivity contribution in [3.8, 4) is 0 Å². The van der Waals surface area contributed by atoms with E-state index in [0.29, 0.717) is 5.92 Å². The molecule has 0 aromatic carbocycles. The number of hydrogen-bond acceptors (Lipinski definition) is 5. The molecule has 110 valence electrons. The number of anilines is 1. The van der Waals surface area contributed by atoms with E-state index in [1.54, 1.807) is 17.7 Å². The number of hydrogen-bond donors (Lipinski definition) is 1. The van der Waals surface area contributed by atoms with Crippen LogP contribution in [0.15, 0.2) is 12.4 Å². The first-order chi connectivity index (χ1) is 9.52. The van der Waals surface area contributed by atoms with Crippen molar-refractivity contribution in [2.75, 3.05) is 18.5 Å². The normalized spacial score (nSPS) is 13.1. The predicted molar refractivity (Wildman–Crippen MR) is 87.5 cm³/mol. The molecule has 0 radical (unpaired) electrons. The number of aromatic nitrogens is 2. The summed E-state index contributed by atoms with van der Waals surface area (Å²) in [6.45, 7) is 7.42. The monoisotopic (exact) mass is 292 g/mol. The SMILES string of the molecule is CCc1cc2c(N(C)CCC(N)C(C)C)ncnc2s1. The van der Waals surface area contributed by atoms with Gasteiger partial charge in [-0.15, -0.1) is 11.3 Å². The molecule has 0 bridgehead atoms. The Morgan fingerprint density at radius 1 is 1.35 bits per heavy atom. The Balaban J connectivity index is 2.17. The van der Waals surface area contributed by atoms with Gasteiger partial charge in [0, 0.05) is 24.5 Å². The molecule has 4 nitrogen and oxygen atoms in total. The van der Waals surface area contributed by atoms with E-state index in [-0.39, 0.29) is 6.04 Å². The molecular weight excluding hydrogens is 268 g/mol. The molecule has 0 aliphatic heterocycles. The van der Waals surface area contributed by atoms with Gasteiger partial charge in [-0.3, -0.25) is 0 Å². The van der Waals surface area contributed by atoms with Crippen LogP contribution in [0.5, 0.6) is 0 Å². The van der Waals surface area contributed by atoms with Gasteiger partial charge in [0.25, 0.3) is 0 Å². The van der Waals surface area contributed by atoms with Gasteiger partial charge in [0.2, 0.25) is 0 Å². The van der Waals surface area contributed by atoms with Gasteiger partial charge < -0.3 is 10.6 Å². The molecule has 0 spiro atoms. The molecule has 2 rings (SSSR count). The van der Waals surface area contributed by atoms with E-state index in [4.69, 9.17) is 5.73 Å². The zero-order chi connectivity index (χ0) is 14.7. The first kappa shape index (κ1) is 15.2. The van der Waals surface area contributed by atoms with Crippen molar-refractivity contribution in [2.45, 2.75) is 39.7 Å². The summed E-state index contributed by atoms with van der Waals surface area (Å²) in [5.41, 5.74) is 6.12. The van der Waals surface area contributed by atoms with Gasteiger partial charge in [0.15, 0.2) is 0 Å². The summed E-state index contributed by atoms with van der Waals surface area (Å²) in [4.78, 5) is 13.5. The maximum absolute atomic E-state index is 6.12. The third kappa shape index (κ3) is 3.27. The van der Waals surface area contributed by atoms with E-state index in [1.165, 1.54) is 4.88 Å². The van der Waals surface area contributed by atoms with Crippen molar-refractivity contribution < 1.29 is 0 Å². The highest BCUT2D eigenvalue weighted by atomic mass is 32.1. The zero-order valence-corrected chi connectivity index (χ0v) is 13.6. The van der Waals surface area contributed by atoms with Crippen LogP contribution in [0, 0.1) is 5.92 Å². The molecule has 5 heteroatoms. The van der Waals surface area contributed by atoms with Crippen molar-refractivity contribution in [3.63, 3.8) is 0 Å². The highest BCUT2D eigenvalue weighted by Crippen LogP contribution is 2.30. The maximum atomic E-state index is 6.12. The van der Waals surface area contributed by atoms with Crippen molar-refractivity contribution in [1.82, 2.24) is 9.97 Å². The van der Waals surface area contributed by atoms with Crippen LogP contribution in [-0.2, 0) is 6.42 Å². The van der Waals surface area contributed by atoms with Crippen molar-refractivity contribution in [2.24, 2.45) is 11.7 Å². The second-order valence-electron chi connectivity index (χ2n) is 5.60. The second kappa shape index (κ2) is 6.50. The smallest absolute Gasteiger partial charge is 0.140 e. The Bertz CT molecular complexity index is 564. The zero-order valence-electron chi connectivity index (χ0n) is 12.8. The fraction of sp³-hybridized carbons (Fsp3) is 0.600. The predicted octanol–water partition coefficient (Wildman–Crippen LogP) is 3.06. The quantitative estimate of drug-likeness (QED) is 0.889. The van der Waals surface area contributed by atoms with Crippen molar-refractivity contribution in [3.05, 3.63) is 17.3 Å². The molecule has 0 aliphatic carbocycles. The Hall–Kier alpha value is -1.20. The minimum Gasteiger partial charge on any atom is -0.359 e. The molecule has 2 heterocycles. The average Bonchev–Trinajstić information content (AvgIpc) is 2.86. The van der Waals surface area contributed by atoms with Gasteiger partial charge in [-0.05, 0) is 24.8 Å². The summed E-state index contributed by atoms with van der Waals surface area (Å²) in [5, 5.41) is 1.16. The van der Waals surface area contributed by atoms with E-state index < -0.39 is 0 Å². The number of nitrogens with zero attached hydrogens (tertiary/aromatic N) is 3. The summed E-state index contributed by atoms with van der Waals surface area (Å²) in [6.07, 6.45) is 3.68. The van der Waals surface area contributed by atoms with E-state index >= 15 is 0 Å². The molecule has 20 heavy (non-hydrogen) atoms. The molecule has 0 saturated carbocycles. The number of nitrogens with two attached hydrogens (primary N) is 1. The van der Waals surface area contributed by atoms with Crippen LogP contribution in [0.2, 0.25) is 0 Å². The van der Waals surface area contributed by atoms with Crippen LogP contribution in [-0.4, -0.2) is 29.6 Å². The first-order valence-electron chi connectivity index (χ1n) is 7.23. The third-order valence-electron chi connectivity index (χ3n) is 3.72. The lowest BCUT2D eigenvalue weighted by Gasteiger charge is -2.22. The van der Waals surface area contributed by atoms with Gasteiger partial charge in [-0.2, -0.15) is 0 Å². The summed E-state index contributed by atoms with van der Waals surface area (Å²) in [6, 6.07) is 2.46.